The maximum Gasteiger partial charge on any atom is 0.343 e. The van der Waals surface area contributed by atoms with Crippen LogP contribution in [-0.4, -0.2) is 58.4 Å². The summed E-state index contributed by atoms with van der Waals surface area (Å²) in [4.78, 5) is 50.0. The average Bonchev–Trinajstić information content (AvgIpc) is 3.08. The van der Waals surface area contributed by atoms with E-state index in [2.05, 4.69) is 15.8 Å². The second-order valence-electron chi connectivity index (χ2n) is 9.53. The standard InChI is InChI=1S/C34H31N3O10/c1-20(38)46-27-14-13-22(16-28(27)42-2)32(39)36-25-11-8-10-21(15-25)33(40)37-35-19-23-9-6-7-12-26(23)47-34(41)24-17-29(43-3)31(45-5)30(18-24)44-4/h6-19H,1-5H3,(H,36,39)(H,37,40). The maximum atomic E-state index is 13.0. The van der Waals surface area contributed by atoms with E-state index in [0.29, 0.717) is 17.0 Å². The molecule has 2 amide bonds. The number of nitrogens with zero attached hydrogens (tertiary/aromatic N) is 1. The van der Waals surface area contributed by atoms with Crippen LogP contribution in [0.2, 0.25) is 0 Å². The topological polar surface area (TPSA) is 160 Å². The third-order valence-electron chi connectivity index (χ3n) is 6.45. The molecular formula is C34H31N3O10. The fraction of sp³-hybridized carbons (Fsp3) is 0.147. The molecule has 0 unspecified atom stereocenters. The van der Waals surface area contributed by atoms with Crippen molar-refractivity contribution in [2.45, 2.75) is 6.92 Å². The number of hydrazone groups is 1. The van der Waals surface area contributed by atoms with Crippen molar-refractivity contribution in [2.24, 2.45) is 5.10 Å². The Morgan fingerprint density at radius 1 is 0.617 bits per heavy atom. The minimum absolute atomic E-state index is 0.157. The van der Waals surface area contributed by atoms with Crippen LogP contribution in [0.15, 0.2) is 84.0 Å². The molecule has 0 fully saturated rings. The van der Waals surface area contributed by atoms with Crippen molar-refractivity contribution in [1.29, 1.82) is 0 Å². The van der Waals surface area contributed by atoms with E-state index in [0.717, 1.165) is 0 Å². The van der Waals surface area contributed by atoms with Gasteiger partial charge in [0.05, 0.1) is 40.2 Å². The van der Waals surface area contributed by atoms with Gasteiger partial charge in [0, 0.05) is 29.3 Å². The van der Waals surface area contributed by atoms with E-state index < -0.39 is 23.8 Å². The smallest absolute Gasteiger partial charge is 0.343 e. The second kappa shape index (κ2) is 15.6. The summed E-state index contributed by atoms with van der Waals surface area (Å²) < 4.78 is 31.8. The Balaban J connectivity index is 1.42. The van der Waals surface area contributed by atoms with Crippen LogP contribution in [0.25, 0.3) is 0 Å². The number of para-hydroxylation sites is 1. The largest absolute Gasteiger partial charge is 0.493 e. The summed E-state index contributed by atoms with van der Waals surface area (Å²) in [7, 11) is 5.71. The van der Waals surface area contributed by atoms with Crippen molar-refractivity contribution in [3.63, 3.8) is 0 Å². The highest BCUT2D eigenvalue weighted by atomic mass is 16.6. The number of carbonyl (C=O) groups is 4. The molecule has 0 aliphatic heterocycles. The van der Waals surface area contributed by atoms with Crippen LogP contribution in [0.1, 0.15) is 43.6 Å². The van der Waals surface area contributed by atoms with Gasteiger partial charge in [-0.1, -0.05) is 18.2 Å². The summed E-state index contributed by atoms with van der Waals surface area (Å²) in [6.07, 6.45) is 1.33. The van der Waals surface area contributed by atoms with E-state index in [1.54, 1.807) is 42.5 Å². The third-order valence-corrected chi connectivity index (χ3v) is 6.45. The van der Waals surface area contributed by atoms with Gasteiger partial charge in [0.25, 0.3) is 11.8 Å². The van der Waals surface area contributed by atoms with E-state index in [1.807, 2.05) is 0 Å². The number of nitrogens with one attached hydrogen (secondary N) is 2. The molecule has 0 bridgehead atoms. The van der Waals surface area contributed by atoms with Gasteiger partial charge in [-0.25, -0.2) is 10.2 Å². The van der Waals surface area contributed by atoms with Crippen LogP contribution in [-0.2, 0) is 4.79 Å². The molecule has 0 aromatic heterocycles. The molecule has 0 saturated heterocycles. The second-order valence-corrected chi connectivity index (χ2v) is 9.53. The number of benzene rings is 4. The van der Waals surface area contributed by atoms with Crippen molar-refractivity contribution in [1.82, 2.24) is 5.43 Å². The zero-order valence-electron chi connectivity index (χ0n) is 26.1. The minimum atomic E-state index is -0.688. The van der Waals surface area contributed by atoms with E-state index in [1.165, 1.54) is 78.0 Å². The molecule has 242 valence electrons. The lowest BCUT2D eigenvalue weighted by Crippen LogP contribution is -2.18. The summed E-state index contributed by atoms with van der Waals surface area (Å²) in [5.41, 5.74) is 3.78. The van der Waals surface area contributed by atoms with Crippen LogP contribution in [0.4, 0.5) is 5.69 Å². The quantitative estimate of drug-likeness (QED) is 0.0944. The first-order chi connectivity index (χ1) is 22.7. The first-order valence-corrected chi connectivity index (χ1v) is 13.9. The lowest BCUT2D eigenvalue weighted by atomic mass is 10.1. The highest BCUT2D eigenvalue weighted by molar-refractivity contribution is 6.05. The predicted molar refractivity (Wildman–Crippen MR) is 171 cm³/mol. The first-order valence-electron chi connectivity index (χ1n) is 13.9. The highest BCUT2D eigenvalue weighted by Gasteiger charge is 2.19. The average molecular weight is 642 g/mol. The molecule has 0 heterocycles. The summed E-state index contributed by atoms with van der Waals surface area (Å²) >= 11 is 0. The number of esters is 2. The maximum absolute atomic E-state index is 13.0. The fourth-order valence-electron chi connectivity index (χ4n) is 4.25. The molecule has 47 heavy (non-hydrogen) atoms. The Labute approximate surface area is 270 Å². The Morgan fingerprint density at radius 2 is 1.28 bits per heavy atom. The van der Waals surface area contributed by atoms with Gasteiger partial charge in [0.2, 0.25) is 5.75 Å². The summed E-state index contributed by atoms with van der Waals surface area (Å²) in [6, 6.07) is 20.1. The van der Waals surface area contributed by atoms with Crippen LogP contribution >= 0.6 is 0 Å². The molecule has 4 aromatic rings. The molecule has 13 nitrogen and oxygen atoms in total. The van der Waals surface area contributed by atoms with Crippen molar-refractivity contribution in [3.8, 4) is 34.5 Å². The molecular weight excluding hydrogens is 610 g/mol. The number of methoxy groups -OCH3 is 4. The zero-order valence-corrected chi connectivity index (χ0v) is 26.1. The van der Waals surface area contributed by atoms with Gasteiger partial charge >= 0.3 is 11.9 Å². The summed E-state index contributed by atoms with van der Waals surface area (Å²) in [5, 5.41) is 6.73. The van der Waals surface area contributed by atoms with Gasteiger partial charge in [-0.15, -0.1) is 0 Å². The van der Waals surface area contributed by atoms with Crippen molar-refractivity contribution in [3.05, 3.63) is 101 Å². The molecule has 0 spiro atoms. The van der Waals surface area contributed by atoms with E-state index >= 15 is 0 Å². The fourth-order valence-corrected chi connectivity index (χ4v) is 4.25. The van der Waals surface area contributed by atoms with E-state index in [4.69, 9.17) is 28.4 Å². The molecule has 0 radical (unpaired) electrons. The van der Waals surface area contributed by atoms with Gasteiger partial charge in [-0.3, -0.25) is 14.4 Å². The predicted octanol–water partition coefficient (Wildman–Crippen LogP) is 4.88. The van der Waals surface area contributed by atoms with Crippen molar-refractivity contribution < 1.29 is 47.6 Å². The molecule has 13 heteroatoms. The highest BCUT2D eigenvalue weighted by Crippen LogP contribution is 2.38. The van der Waals surface area contributed by atoms with Gasteiger partial charge in [-0.2, -0.15) is 5.10 Å². The number of hydrogen-bond donors (Lipinski definition) is 2. The van der Waals surface area contributed by atoms with Crippen molar-refractivity contribution >= 4 is 35.7 Å². The molecule has 0 atom stereocenters. The van der Waals surface area contributed by atoms with E-state index in [9.17, 15) is 19.2 Å². The molecule has 0 aliphatic carbocycles. The molecule has 4 rings (SSSR count). The monoisotopic (exact) mass is 641 g/mol. The number of rotatable bonds is 12. The number of hydrogen-bond acceptors (Lipinski definition) is 11. The molecule has 0 saturated carbocycles. The Bertz CT molecular complexity index is 1810. The van der Waals surface area contributed by atoms with Crippen LogP contribution in [0.3, 0.4) is 0 Å². The van der Waals surface area contributed by atoms with Crippen LogP contribution < -0.4 is 39.2 Å². The zero-order chi connectivity index (χ0) is 33.9. The molecule has 0 aliphatic rings. The normalized spacial score (nSPS) is 10.5. The van der Waals surface area contributed by atoms with E-state index in [-0.39, 0.29) is 45.4 Å². The van der Waals surface area contributed by atoms with Gasteiger partial charge in [0.1, 0.15) is 5.75 Å². The van der Waals surface area contributed by atoms with Crippen molar-refractivity contribution in [2.75, 3.05) is 33.8 Å². The first kappa shape index (κ1) is 33.5. The van der Waals surface area contributed by atoms with Gasteiger partial charge in [0.15, 0.2) is 23.0 Å². The lowest BCUT2D eigenvalue weighted by molar-refractivity contribution is -0.132. The summed E-state index contributed by atoms with van der Waals surface area (Å²) in [6.45, 7) is 1.26. The molecule has 4 aromatic carbocycles. The van der Waals surface area contributed by atoms with Crippen LogP contribution in [0.5, 0.6) is 34.5 Å². The number of amides is 2. The Hall–Kier alpha value is -6.37. The van der Waals surface area contributed by atoms with Crippen LogP contribution in [0, 0.1) is 0 Å². The minimum Gasteiger partial charge on any atom is -0.493 e. The third kappa shape index (κ3) is 8.42. The number of carbonyl (C=O) groups excluding carboxylic acids is 4. The van der Waals surface area contributed by atoms with Gasteiger partial charge in [-0.05, 0) is 60.7 Å². The summed E-state index contributed by atoms with van der Waals surface area (Å²) in [5.74, 6) is -0.784. The number of ether oxygens (including phenoxy) is 6. The lowest BCUT2D eigenvalue weighted by Gasteiger charge is -2.14. The van der Waals surface area contributed by atoms with Gasteiger partial charge < -0.3 is 33.7 Å². The number of anilines is 1. The Morgan fingerprint density at radius 3 is 1.94 bits per heavy atom. The SMILES string of the molecule is COc1cc(C(=O)Nc2cccc(C(=O)NN=Cc3ccccc3OC(=O)c3cc(OC)c(OC)c(OC)c3)c2)ccc1OC(C)=O. The Kier molecular flexibility index (Phi) is 11.1. The molecule has 2 N–H and O–H groups in total.